The van der Waals surface area contributed by atoms with Gasteiger partial charge < -0.3 is 9.64 Å². The van der Waals surface area contributed by atoms with Gasteiger partial charge in [-0.3, -0.25) is 5.43 Å². The third-order valence-electron chi connectivity index (χ3n) is 3.44. The number of rotatable bonds is 3. The predicted molar refractivity (Wildman–Crippen MR) is 85.0 cm³/mol. The number of likely N-dealkylation sites (tertiary alicyclic amines) is 1. The first-order valence-corrected chi connectivity index (χ1v) is 7.83. The van der Waals surface area contributed by atoms with Crippen LogP contribution in [0.2, 0.25) is 5.02 Å². The summed E-state index contributed by atoms with van der Waals surface area (Å²) in [6.45, 7) is 3.11. The van der Waals surface area contributed by atoms with Crippen molar-refractivity contribution in [1.29, 1.82) is 0 Å². The van der Waals surface area contributed by atoms with Crippen LogP contribution in [0.4, 0.5) is 18.9 Å². The Labute approximate surface area is 142 Å². The Bertz CT molecular complexity index is 629. The zero-order valence-electron chi connectivity index (χ0n) is 13.0. The summed E-state index contributed by atoms with van der Waals surface area (Å²) in [5.41, 5.74) is 1.56. The molecule has 24 heavy (non-hydrogen) atoms. The Kier molecular flexibility index (Phi) is 5.93. The van der Waals surface area contributed by atoms with Gasteiger partial charge in [0.2, 0.25) is 5.84 Å². The van der Waals surface area contributed by atoms with Crippen molar-refractivity contribution in [2.24, 2.45) is 5.10 Å². The highest BCUT2D eigenvalue weighted by Crippen LogP contribution is 2.33. The average Bonchev–Trinajstić information content (AvgIpc) is 3.02. The Hall–Kier alpha value is -1.96. The highest BCUT2D eigenvalue weighted by molar-refractivity contribution is 6.35. The van der Waals surface area contributed by atoms with Gasteiger partial charge in [-0.1, -0.05) is 11.6 Å². The molecule has 2 rings (SSSR count). The van der Waals surface area contributed by atoms with Crippen LogP contribution in [0.5, 0.6) is 0 Å². The summed E-state index contributed by atoms with van der Waals surface area (Å²) in [7, 11) is 0. The molecule has 5 nitrogen and oxygen atoms in total. The molecule has 1 fully saturated rings. The molecule has 0 amide bonds. The van der Waals surface area contributed by atoms with Crippen molar-refractivity contribution in [1.82, 2.24) is 4.90 Å². The maximum atomic E-state index is 12.8. The summed E-state index contributed by atoms with van der Waals surface area (Å²) in [5, 5.41) is 4.01. The SMILES string of the molecule is CCOC(=O)/C(=N\Nc1cc(C(F)(F)F)ccc1Cl)N1CCCC1. The van der Waals surface area contributed by atoms with Crippen LogP contribution in [0, 0.1) is 0 Å². The van der Waals surface area contributed by atoms with E-state index in [-0.39, 0.29) is 23.2 Å². The fourth-order valence-electron chi connectivity index (χ4n) is 2.27. The minimum absolute atomic E-state index is 0.0304. The van der Waals surface area contributed by atoms with Crippen LogP contribution < -0.4 is 5.43 Å². The Morgan fingerprint density at radius 1 is 1.38 bits per heavy atom. The molecule has 1 saturated heterocycles. The number of hydrogen-bond donors (Lipinski definition) is 1. The molecule has 132 valence electrons. The lowest BCUT2D eigenvalue weighted by Gasteiger charge is -2.18. The van der Waals surface area contributed by atoms with Gasteiger partial charge in [0.25, 0.3) is 0 Å². The molecular weight excluding hydrogens is 347 g/mol. The number of nitrogens with one attached hydrogen (secondary N) is 1. The highest BCUT2D eigenvalue weighted by atomic mass is 35.5. The molecule has 0 bridgehead atoms. The molecule has 0 atom stereocenters. The van der Waals surface area contributed by atoms with E-state index in [0.29, 0.717) is 13.1 Å². The molecule has 9 heteroatoms. The van der Waals surface area contributed by atoms with Crippen LogP contribution in [-0.4, -0.2) is 36.4 Å². The van der Waals surface area contributed by atoms with Gasteiger partial charge in [-0.25, -0.2) is 4.79 Å². The summed E-state index contributed by atoms with van der Waals surface area (Å²) < 4.78 is 43.3. The van der Waals surface area contributed by atoms with Crippen LogP contribution in [0.3, 0.4) is 0 Å². The lowest BCUT2D eigenvalue weighted by Crippen LogP contribution is -2.36. The Balaban J connectivity index is 2.26. The number of carbonyl (C=O) groups excluding carboxylic acids is 1. The van der Waals surface area contributed by atoms with E-state index in [1.165, 1.54) is 0 Å². The first kappa shape index (κ1) is 18.4. The van der Waals surface area contributed by atoms with Crippen molar-refractivity contribution < 1.29 is 22.7 Å². The molecule has 1 aromatic rings. The van der Waals surface area contributed by atoms with E-state index in [0.717, 1.165) is 31.0 Å². The molecule has 1 aliphatic heterocycles. The number of benzene rings is 1. The van der Waals surface area contributed by atoms with Gasteiger partial charge in [-0.2, -0.15) is 13.2 Å². The van der Waals surface area contributed by atoms with Crippen LogP contribution in [-0.2, 0) is 15.7 Å². The molecule has 1 heterocycles. The second kappa shape index (κ2) is 7.74. The standard InChI is InChI=1S/C15H17ClF3N3O2/c1-2-24-14(23)13(22-7-3-4-8-22)21-20-12-9-10(15(17,18)19)5-6-11(12)16/h5-6,9,20H,2-4,7-8H2,1H3/b21-13+. The van der Waals surface area contributed by atoms with Gasteiger partial charge in [-0.05, 0) is 38.0 Å². The second-order valence-electron chi connectivity index (χ2n) is 5.15. The molecule has 0 unspecified atom stereocenters. The van der Waals surface area contributed by atoms with Gasteiger partial charge in [0, 0.05) is 13.1 Å². The van der Waals surface area contributed by atoms with E-state index in [1.54, 1.807) is 11.8 Å². The van der Waals surface area contributed by atoms with Crippen molar-refractivity contribution >= 4 is 29.1 Å². The summed E-state index contributed by atoms with van der Waals surface area (Å²) in [5.74, 6) is -0.599. The number of alkyl halides is 3. The second-order valence-corrected chi connectivity index (χ2v) is 5.56. The molecule has 1 aromatic carbocycles. The number of ether oxygens (including phenoxy) is 1. The minimum atomic E-state index is -4.50. The van der Waals surface area contributed by atoms with Gasteiger partial charge in [-0.15, -0.1) is 5.10 Å². The van der Waals surface area contributed by atoms with E-state index in [1.807, 2.05) is 0 Å². The Morgan fingerprint density at radius 2 is 2.04 bits per heavy atom. The normalized spacial score (nSPS) is 15.5. The van der Waals surface area contributed by atoms with Crippen LogP contribution in [0.1, 0.15) is 25.3 Å². The van der Waals surface area contributed by atoms with Gasteiger partial charge in [0.15, 0.2) is 0 Å². The summed E-state index contributed by atoms with van der Waals surface area (Å²) in [6.07, 6.45) is -2.69. The summed E-state index contributed by atoms with van der Waals surface area (Å²) in [4.78, 5) is 13.7. The predicted octanol–water partition coefficient (Wildman–Crippen LogP) is 3.74. The van der Waals surface area contributed by atoms with Crippen molar-refractivity contribution in [2.45, 2.75) is 25.9 Å². The average molecular weight is 364 g/mol. The number of nitrogens with zero attached hydrogens (tertiary/aromatic N) is 2. The number of hydrazone groups is 1. The van der Waals surface area contributed by atoms with Gasteiger partial charge in [0.05, 0.1) is 22.9 Å². The maximum absolute atomic E-state index is 12.8. The number of anilines is 1. The van der Waals surface area contributed by atoms with Crippen molar-refractivity contribution in [3.05, 3.63) is 28.8 Å². The number of carbonyl (C=O) groups is 1. The molecule has 1 N–H and O–H groups in total. The van der Waals surface area contributed by atoms with E-state index in [4.69, 9.17) is 16.3 Å². The number of halogens is 4. The van der Waals surface area contributed by atoms with Crippen molar-refractivity contribution in [3.8, 4) is 0 Å². The molecule has 0 aromatic heterocycles. The topological polar surface area (TPSA) is 53.9 Å². The largest absolute Gasteiger partial charge is 0.460 e. The quantitative estimate of drug-likeness (QED) is 0.384. The molecule has 0 radical (unpaired) electrons. The summed E-state index contributed by atoms with van der Waals surface area (Å²) in [6, 6.07) is 2.85. The number of amidine groups is 1. The van der Waals surface area contributed by atoms with Crippen LogP contribution in [0.15, 0.2) is 23.3 Å². The van der Waals surface area contributed by atoms with Crippen LogP contribution >= 0.6 is 11.6 Å². The maximum Gasteiger partial charge on any atom is 0.416 e. The first-order valence-electron chi connectivity index (χ1n) is 7.45. The first-order chi connectivity index (χ1) is 11.3. The molecule has 0 spiro atoms. The monoisotopic (exact) mass is 363 g/mol. The molecular formula is C15H17ClF3N3O2. The minimum Gasteiger partial charge on any atom is -0.460 e. The lowest BCUT2D eigenvalue weighted by atomic mass is 10.2. The fourth-order valence-corrected chi connectivity index (χ4v) is 2.43. The fraction of sp³-hybridized carbons (Fsp3) is 0.467. The van der Waals surface area contributed by atoms with Crippen molar-refractivity contribution in [3.63, 3.8) is 0 Å². The van der Waals surface area contributed by atoms with E-state index >= 15 is 0 Å². The lowest BCUT2D eigenvalue weighted by molar-refractivity contribution is -0.137. The Morgan fingerprint density at radius 3 is 2.62 bits per heavy atom. The third-order valence-corrected chi connectivity index (χ3v) is 3.77. The summed E-state index contributed by atoms with van der Waals surface area (Å²) >= 11 is 5.90. The zero-order valence-corrected chi connectivity index (χ0v) is 13.7. The number of hydrogen-bond acceptors (Lipinski definition) is 4. The number of esters is 1. The third kappa shape index (κ3) is 4.53. The molecule has 1 aliphatic rings. The zero-order chi connectivity index (χ0) is 17.7. The van der Waals surface area contributed by atoms with Gasteiger partial charge in [0.1, 0.15) is 0 Å². The molecule has 0 aliphatic carbocycles. The van der Waals surface area contributed by atoms with Gasteiger partial charge >= 0.3 is 12.1 Å². The van der Waals surface area contributed by atoms with E-state index in [9.17, 15) is 18.0 Å². The van der Waals surface area contributed by atoms with E-state index in [2.05, 4.69) is 10.5 Å². The highest BCUT2D eigenvalue weighted by Gasteiger charge is 2.31. The van der Waals surface area contributed by atoms with Crippen molar-refractivity contribution in [2.75, 3.05) is 25.1 Å². The smallest absolute Gasteiger partial charge is 0.416 e. The van der Waals surface area contributed by atoms with Crippen LogP contribution in [0.25, 0.3) is 0 Å². The van der Waals surface area contributed by atoms with E-state index < -0.39 is 17.7 Å². The molecule has 0 saturated carbocycles.